The fraction of sp³-hybridized carbons (Fsp3) is 0.240. The molecular weight excluding hydrogens is 443 g/mol. The van der Waals surface area contributed by atoms with E-state index in [1.807, 2.05) is 0 Å². The Morgan fingerprint density at radius 1 is 1.00 bits per heavy atom. The number of aliphatic hydroxyl groups excluding tert-OH is 1. The van der Waals surface area contributed by atoms with Crippen LogP contribution in [0, 0.1) is 12.7 Å². The summed E-state index contributed by atoms with van der Waals surface area (Å²) in [5.41, 5.74) is 1.83. The summed E-state index contributed by atoms with van der Waals surface area (Å²) in [6.07, 6.45) is 0. The molecule has 1 aromatic heterocycles. The van der Waals surface area contributed by atoms with Gasteiger partial charge in [-0.15, -0.1) is 0 Å². The van der Waals surface area contributed by atoms with E-state index in [4.69, 9.17) is 19.3 Å². The van der Waals surface area contributed by atoms with Crippen LogP contribution in [0.5, 0.6) is 17.2 Å². The standard InChI is InChI=1S/C25H25FN2O6/c1-15-12-16(4-6-18(15)26)24-22(32-2)9-7-19(28-24)20(30)14-27-25(31)17-5-8-21(34-11-10-29)23(13-17)33-3/h4-9,12-13,29H,10-11,14H2,1-3H3,(H,27,31). The molecule has 1 heterocycles. The van der Waals surface area contributed by atoms with E-state index in [1.165, 1.54) is 38.5 Å². The Balaban J connectivity index is 1.74. The SMILES string of the molecule is COc1cc(C(=O)NCC(=O)c2ccc(OC)c(-c3ccc(F)c(C)c3)n2)ccc1OCCO. The molecule has 2 N–H and O–H groups in total. The van der Waals surface area contributed by atoms with Crippen molar-refractivity contribution in [3.8, 4) is 28.5 Å². The normalized spacial score (nSPS) is 10.5. The van der Waals surface area contributed by atoms with Gasteiger partial charge in [0.2, 0.25) is 0 Å². The molecule has 1 amide bonds. The van der Waals surface area contributed by atoms with Crippen LogP contribution in [0.4, 0.5) is 4.39 Å². The molecule has 0 bridgehead atoms. The fourth-order valence-corrected chi connectivity index (χ4v) is 3.20. The first-order valence-corrected chi connectivity index (χ1v) is 10.4. The van der Waals surface area contributed by atoms with Gasteiger partial charge in [0.05, 0.1) is 27.4 Å². The summed E-state index contributed by atoms with van der Waals surface area (Å²) in [5.74, 6) is -0.0997. The monoisotopic (exact) mass is 468 g/mol. The van der Waals surface area contributed by atoms with Gasteiger partial charge in [-0.1, -0.05) is 0 Å². The first kappa shape index (κ1) is 24.7. The van der Waals surface area contributed by atoms with Gasteiger partial charge in [0.25, 0.3) is 5.91 Å². The Kier molecular flexibility index (Phi) is 8.15. The molecule has 8 nitrogen and oxygen atoms in total. The molecule has 0 aliphatic heterocycles. The van der Waals surface area contributed by atoms with Gasteiger partial charge in [0.15, 0.2) is 17.3 Å². The number of carbonyl (C=O) groups is 2. The minimum Gasteiger partial charge on any atom is -0.494 e. The zero-order chi connectivity index (χ0) is 24.7. The number of benzene rings is 2. The largest absolute Gasteiger partial charge is 0.494 e. The van der Waals surface area contributed by atoms with Crippen molar-refractivity contribution in [3.05, 3.63) is 71.2 Å². The van der Waals surface area contributed by atoms with Gasteiger partial charge in [0, 0.05) is 11.1 Å². The summed E-state index contributed by atoms with van der Waals surface area (Å²) in [6.45, 7) is 1.28. The first-order valence-electron chi connectivity index (χ1n) is 10.4. The van der Waals surface area contributed by atoms with Crippen LogP contribution in [0.1, 0.15) is 26.4 Å². The average Bonchev–Trinajstić information content (AvgIpc) is 2.86. The maximum absolute atomic E-state index is 13.7. The molecule has 0 radical (unpaired) electrons. The Morgan fingerprint density at radius 3 is 2.41 bits per heavy atom. The maximum Gasteiger partial charge on any atom is 0.251 e. The van der Waals surface area contributed by atoms with Crippen LogP contribution in [0.15, 0.2) is 48.5 Å². The van der Waals surface area contributed by atoms with Crippen LogP contribution >= 0.6 is 0 Å². The predicted molar refractivity (Wildman–Crippen MR) is 123 cm³/mol. The molecule has 0 saturated carbocycles. The number of rotatable bonds is 10. The lowest BCUT2D eigenvalue weighted by molar-refractivity contribution is 0.0902. The molecule has 0 aliphatic rings. The predicted octanol–water partition coefficient (Wildman–Crippen LogP) is 3.20. The summed E-state index contributed by atoms with van der Waals surface area (Å²) in [5, 5.41) is 11.5. The van der Waals surface area contributed by atoms with E-state index in [1.54, 1.807) is 31.2 Å². The van der Waals surface area contributed by atoms with Crippen LogP contribution in [-0.2, 0) is 0 Å². The minimum atomic E-state index is -0.483. The van der Waals surface area contributed by atoms with E-state index in [9.17, 15) is 14.0 Å². The Bertz CT molecular complexity index is 1200. The van der Waals surface area contributed by atoms with Gasteiger partial charge >= 0.3 is 0 Å². The number of aliphatic hydroxyl groups is 1. The number of methoxy groups -OCH3 is 2. The summed E-state index contributed by atoms with van der Waals surface area (Å²) in [6, 6.07) is 12.2. The van der Waals surface area contributed by atoms with Crippen LogP contribution in [0.25, 0.3) is 11.3 Å². The van der Waals surface area contributed by atoms with E-state index in [0.29, 0.717) is 34.1 Å². The second-order valence-electron chi connectivity index (χ2n) is 7.25. The van der Waals surface area contributed by atoms with Crippen LogP contribution in [-0.4, -0.2) is 55.8 Å². The molecule has 0 atom stereocenters. The number of pyridine rings is 1. The van der Waals surface area contributed by atoms with Crippen molar-refractivity contribution in [3.63, 3.8) is 0 Å². The third kappa shape index (κ3) is 5.68. The maximum atomic E-state index is 13.7. The zero-order valence-corrected chi connectivity index (χ0v) is 19.1. The van der Waals surface area contributed by atoms with Gasteiger partial charge in [0.1, 0.15) is 29.6 Å². The van der Waals surface area contributed by atoms with Crippen LogP contribution in [0.3, 0.4) is 0 Å². The van der Waals surface area contributed by atoms with Gasteiger partial charge in [-0.2, -0.15) is 0 Å². The number of halogens is 1. The molecule has 0 fully saturated rings. The molecule has 3 aromatic rings. The minimum absolute atomic E-state index is 0.0880. The van der Waals surface area contributed by atoms with Gasteiger partial charge in [-0.25, -0.2) is 9.37 Å². The lowest BCUT2D eigenvalue weighted by Gasteiger charge is -2.12. The average molecular weight is 468 g/mol. The summed E-state index contributed by atoms with van der Waals surface area (Å²) < 4.78 is 29.6. The molecule has 34 heavy (non-hydrogen) atoms. The highest BCUT2D eigenvalue weighted by molar-refractivity contribution is 6.01. The number of hydrogen-bond acceptors (Lipinski definition) is 7. The topological polar surface area (TPSA) is 107 Å². The van der Waals surface area contributed by atoms with Gasteiger partial charge in [-0.3, -0.25) is 9.59 Å². The lowest BCUT2D eigenvalue weighted by Crippen LogP contribution is -2.30. The Morgan fingerprint density at radius 2 is 1.74 bits per heavy atom. The zero-order valence-electron chi connectivity index (χ0n) is 19.1. The lowest BCUT2D eigenvalue weighted by atomic mass is 10.1. The smallest absolute Gasteiger partial charge is 0.251 e. The van der Waals surface area contributed by atoms with Crippen molar-refractivity contribution in [2.24, 2.45) is 0 Å². The van der Waals surface area contributed by atoms with Crippen molar-refractivity contribution in [1.82, 2.24) is 10.3 Å². The number of Topliss-reactive ketones (excluding diaryl/α,β-unsaturated/α-hetero) is 1. The molecule has 2 aromatic carbocycles. The first-order chi connectivity index (χ1) is 16.4. The second-order valence-corrected chi connectivity index (χ2v) is 7.25. The van der Waals surface area contributed by atoms with Crippen molar-refractivity contribution in [2.75, 3.05) is 34.0 Å². The van der Waals surface area contributed by atoms with Crippen LogP contribution < -0.4 is 19.5 Å². The molecule has 0 spiro atoms. The molecule has 0 aliphatic carbocycles. The Labute approximate surface area is 196 Å². The van der Waals surface area contributed by atoms with E-state index >= 15 is 0 Å². The third-order valence-corrected chi connectivity index (χ3v) is 4.98. The number of aromatic nitrogens is 1. The Hall–Kier alpha value is -3.98. The molecule has 9 heteroatoms. The molecule has 0 saturated heterocycles. The quantitative estimate of drug-likeness (QED) is 0.440. The highest BCUT2D eigenvalue weighted by atomic mass is 19.1. The number of amides is 1. The number of aryl methyl sites for hydroxylation is 1. The van der Waals surface area contributed by atoms with Gasteiger partial charge < -0.3 is 24.6 Å². The van der Waals surface area contributed by atoms with Crippen molar-refractivity contribution in [1.29, 1.82) is 0 Å². The second kappa shape index (κ2) is 11.2. The molecule has 3 rings (SSSR count). The van der Waals surface area contributed by atoms with E-state index in [-0.39, 0.29) is 36.8 Å². The molecule has 0 unspecified atom stereocenters. The summed E-state index contributed by atoms with van der Waals surface area (Å²) in [4.78, 5) is 29.7. The number of ether oxygens (including phenoxy) is 3. The van der Waals surface area contributed by atoms with E-state index in [0.717, 1.165) is 0 Å². The van der Waals surface area contributed by atoms with Gasteiger partial charge in [-0.05, 0) is 61.0 Å². The number of carbonyl (C=O) groups excluding carboxylic acids is 2. The third-order valence-electron chi connectivity index (χ3n) is 4.98. The van der Waals surface area contributed by atoms with Crippen molar-refractivity contribution >= 4 is 11.7 Å². The van der Waals surface area contributed by atoms with Crippen molar-refractivity contribution < 1.29 is 33.3 Å². The van der Waals surface area contributed by atoms with Crippen molar-refractivity contribution in [2.45, 2.75) is 6.92 Å². The highest BCUT2D eigenvalue weighted by Crippen LogP contribution is 2.30. The summed E-state index contributed by atoms with van der Waals surface area (Å²) in [7, 11) is 2.91. The molecule has 178 valence electrons. The molecular formula is C25H25FN2O6. The number of nitrogens with zero attached hydrogens (tertiary/aromatic N) is 1. The number of hydrogen-bond donors (Lipinski definition) is 2. The highest BCUT2D eigenvalue weighted by Gasteiger charge is 2.17. The number of nitrogens with one attached hydrogen (secondary N) is 1. The van der Waals surface area contributed by atoms with E-state index < -0.39 is 11.7 Å². The summed E-state index contributed by atoms with van der Waals surface area (Å²) >= 11 is 0. The van der Waals surface area contributed by atoms with Crippen LogP contribution in [0.2, 0.25) is 0 Å². The number of ketones is 1. The fourth-order valence-electron chi connectivity index (χ4n) is 3.20. The van der Waals surface area contributed by atoms with E-state index in [2.05, 4.69) is 10.3 Å².